The molecule has 7 aromatic carbocycles. The largest absolute Gasteiger partial charge is 0.0837 e. The van der Waals surface area contributed by atoms with E-state index >= 15 is 0 Å². The third kappa shape index (κ3) is 3.69. The van der Waals surface area contributed by atoms with Crippen molar-refractivity contribution in [3.05, 3.63) is 191 Å². The highest BCUT2D eigenvalue weighted by Gasteiger charge is 2.45. The van der Waals surface area contributed by atoms with Crippen molar-refractivity contribution < 1.29 is 0 Å². The highest BCUT2D eigenvalue weighted by Crippen LogP contribution is 2.56. The van der Waals surface area contributed by atoms with Crippen molar-refractivity contribution in [2.24, 2.45) is 0 Å². The van der Waals surface area contributed by atoms with E-state index in [0.717, 1.165) is 15.8 Å². The van der Waals surface area contributed by atoms with Crippen LogP contribution in [0.2, 0.25) is 5.02 Å². The number of hydrogen-bond acceptors (Lipinski definition) is 0. The second-order valence-corrected chi connectivity index (χ2v) is 11.4. The van der Waals surface area contributed by atoms with Crippen molar-refractivity contribution >= 4 is 22.4 Å². The van der Waals surface area contributed by atoms with Crippen LogP contribution in [-0.4, -0.2) is 0 Å². The lowest BCUT2D eigenvalue weighted by Crippen LogP contribution is -2.28. The van der Waals surface area contributed by atoms with Crippen LogP contribution in [0.4, 0.5) is 0 Å². The van der Waals surface area contributed by atoms with Crippen LogP contribution in [-0.2, 0) is 5.41 Å². The first kappa shape index (κ1) is 24.9. The van der Waals surface area contributed by atoms with Crippen LogP contribution in [0.3, 0.4) is 0 Å². The summed E-state index contributed by atoms with van der Waals surface area (Å²) in [7, 11) is 0. The Hall–Kier alpha value is -4.91. The van der Waals surface area contributed by atoms with Gasteiger partial charge in [-0.15, -0.1) is 0 Å². The fourth-order valence-corrected chi connectivity index (χ4v) is 7.25. The molecule has 0 saturated carbocycles. The lowest BCUT2D eigenvalue weighted by Gasteiger charge is -2.34. The summed E-state index contributed by atoms with van der Waals surface area (Å²) in [5, 5.41) is 3.02. The van der Waals surface area contributed by atoms with Gasteiger partial charge in [-0.05, 0) is 79.2 Å². The molecule has 0 fully saturated rings. The first-order valence-corrected chi connectivity index (χ1v) is 14.8. The molecule has 0 saturated heterocycles. The number of rotatable bonds is 4. The van der Waals surface area contributed by atoms with Gasteiger partial charge in [0.2, 0.25) is 0 Å². The molecule has 0 radical (unpaired) electrons. The molecule has 0 aliphatic heterocycles. The van der Waals surface area contributed by atoms with Gasteiger partial charge in [-0.3, -0.25) is 0 Å². The second-order valence-electron chi connectivity index (χ2n) is 11.0. The molecular weight excluding hydrogens is 528 g/mol. The molecule has 0 aromatic heterocycles. The zero-order chi connectivity index (χ0) is 28.1. The van der Waals surface area contributed by atoms with Gasteiger partial charge in [-0.1, -0.05) is 157 Å². The SMILES string of the molecule is Clc1ccc(-c2cccc(-c3cccc(C4(c5ccccc5)c5ccccc5-c5ccccc54)c3)c2)c2ccccc12. The maximum Gasteiger partial charge on any atom is 0.0713 e. The lowest BCUT2D eigenvalue weighted by atomic mass is 9.67. The summed E-state index contributed by atoms with van der Waals surface area (Å²) in [5.41, 5.74) is 12.2. The molecule has 0 spiro atoms. The standard InChI is InChI=1S/C41H27Cl/c42-40-25-24-33(34-18-4-5-21-37(34)40)30-14-10-12-28(26-30)29-13-11-17-32(27-29)41(31-15-2-1-3-16-31)38-22-8-6-19-35(38)36-20-7-9-23-39(36)41/h1-27H. The molecule has 0 atom stereocenters. The van der Waals surface area contributed by atoms with Crippen molar-refractivity contribution in [1.29, 1.82) is 0 Å². The van der Waals surface area contributed by atoms with E-state index in [-0.39, 0.29) is 0 Å². The predicted octanol–water partition coefficient (Wildman–Crippen LogP) is 11.2. The van der Waals surface area contributed by atoms with Crippen LogP contribution in [0.5, 0.6) is 0 Å². The molecule has 1 aliphatic rings. The van der Waals surface area contributed by atoms with Crippen LogP contribution >= 0.6 is 11.6 Å². The Morgan fingerprint density at radius 2 is 0.905 bits per heavy atom. The topological polar surface area (TPSA) is 0 Å². The van der Waals surface area contributed by atoms with Gasteiger partial charge in [0.25, 0.3) is 0 Å². The number of fused-ring (bicyclic) bond motifs is 4. The third-order valence-electron chi connectivity index (χ3n) is 8.83. The van der Waals surface area contributed by atoms with E-state index < -0.39 is 5.41 Å². The van der Waals surface area contributed by atoms with Crippen LogP contribution < -0.4 is 0 Å². The van der Waals surface area contributed by atoms with Crippen molar-refractivity contribution in [3.8, 4) is 33.4 Å². The van der Waals surface area contributed by atoms with Crippen molar-refractivity contribution in [2.45, 2.75) is 5.41 Å². The number of benzene rings is 7. The number of halogens is 1. The smallest absolute Gasteiger partial charge is 0.0713 e. The van der Waals surface area contributed by atoms with Gasteiger partial charge in [-0.25, -0.2) is 0 Å². The van der Waals surface area contributed by atoms with E-state index in [1.54, 1.807) is 0 Å². The van der Waals surface area contributed by atoms with Crippen molar-refractivity contribution in [1.82, 2.24) is 0 Å². The highest BCUT2D eigenvalue weighted by atomic mass is 35.5. The molecule has 0 bridgehead atoms. The Bertz CT molecular complexity index is 2060. The minimum atomic E-state index is -0.408. The molecule has 0 unspecified atom stereocenters. The minimum absolute atomic E-state index is 0.408. The van der Waals surface area contributed by atoms with Gasteiger partial charge in [0.1, 0.15) is 0 Å². The first-order chi connectivity index (χ1) is 20.7. The van der Waals surface area contributed by atoms with Gasteiger partial charge in [0, 0.05) is 10.4 Å². The second kappa shape index (κ2) is 9.87. The van der Waals surface area contributed by atoms with Crippen molar-refractivity contribution in [3.63, 3.8) is 0 Å². The predicted molar refractivity (Wildman–Crippen MR) is 177 cm³/mol. The van der Waals surface area contributed by atoms with Crippen molar-refractivity contribution in [2.75, 3.05) is 0 Å². The first-order valence-electron chi connectivity index (χ1n) is 14.4. The summed E-state index contributed by atoms with van der Waals surface area (Å²) in [4.78, 5) is 0. The molecule has 198 valence electrons. The van der Waals surface area contributed by atoms with E-state index in [0.29, 0.717) is 0 Å². The maximum atomic E-state index is 6.56. The minimum Gasteiger partial charge on any atom is -0.0837 e. The number of hydrogen-bond donors (Lipinski definition) is 0. The summed E-state index contributed by atoms with van der Waals surface area (Å²) in [6, 6.07) is 59.3. The van der Waals surface area contributed by atoms with E-state index in [1.807, 2.05) is 12.1 Å². The van der Waals surface area contributed by atoms with Crippen LogP contribution in [0.1, 0.15) is 22.3 Å². The van der Waals surface area contributed by atoms with E-state index in [1.165, 1.54) is 55.6 Å². The van der Waals surface area contributed by atoms with Crippen LogP contribution in [0, 0.1) is 0 Å². The molecule has 42 heavy (non-hydrogen) atoms. The Morgan fingerprint density at radius 3 is 1.64 bits per heavy atom. The average molecular weight is 555 g/mol. The van der Waals surface area contributed by atoms with Crippen LogP contribution in [0.25, 0.3) is 44.2 Å². The summed E-state index contributed by atoms with van der Waals surface area (Å²) in [5.74, 6) is 0. The molecule has 8 rings (SSSR count). The molecule has 7 aromatic rings. The molecule has 0 heterocycles. The molecule has 1 aliphatic carbocycles. The normalized spacial score (nSPS) is 13.1. The Kier molecular flexibility index (Phi) is 5.84. The lowest BCUT2D eigenvalue weighted by molar-refractivity contribution is 0.769. The fraction of sp³-hybridized carbons (Fsp3) is 0.0244. The van der Waals surface area contributed by atoms with Gasteiger partial charge in [-0.2, -0.15) is 0 Å². The van der Waals surface area contributed by atoms with Gasteiger partial charge in [0.05, 0.1) is 5.41 Å². The third-order valence-corrected chi connectivity index (χ3v) is 9.16. The molecular formula is C41H27Cl. The summed E-state index contributed by atoms with van der Waals surface area (Å²) in [6.45, 7) is 0. The Morgan fingerprint density at radius 1 is 0.357 bits per heavy atom. The fourth-order valence-electron chi connectivity index (χ4n) is 7.02. The maximum absolute atomic E-state index is 6.56. The average Bonchev–Trinajstić information content (AvgIpc) is 3.37. The summed E-state index contributed by atoms with van der Waals surface area (Å²) < 4.78 is 0. The summed E-state index contributed by atoms with van der Waals surface area (Å²) in [6.07, 6.45) is 0. The molecule has 0 N–H and O–H groups in total. The van der Waals surface area contributed by atoms with Gasteiger partial charge in [0.15, 0.2) is 0 Å². The van der Waals surface area contributed by atoms with E-state index in [9.17, 15) is 0 Å². The van der Waals surface area contributed by atoms with Gasteiger partial charge < -0.3 is 0 Å². The Balaban J connectivity index is 1.34. The van der Waals surface area contributed by atoms with E-state index in [2.05, 4.69) is 152 Å². The van der Waals surface area contributed by atoms with Crippen LogP contribution in [0.15, 0.2) is 164 Å². The quantitative estimate of drug-likeness (QED) is 0.203. The Labute approximate surface area is 251 Å². The monoisotopic (exact) mass is 554 g/mol. The van der Waals surface area contributed by atoms with E-state index in [4.69, 9.17) is 11.6 Å². The molecule has 0 amide bonds. The highest BCUT2D eigenvalue weighted by molar-refractivity contribution is 6.36. The van der Waals surface area contributed by atoms with Gasteiger partial charge >= 0.3 is 0 Å². The zero-order valence-corrected chi connectivity index (χ0v) is 23.7. The molecule has 0 nitrogen and oxygen atoms in total. The zero-order valence-electron chi connectivity index (χ0n) is 23.0. The summed E-state index contributed by atoms with van der Waals surface area (Å²) >= 11 is 6.56. The molecule has 1 heteroatoms.